The molecule has 0 radical (unpaired) electrons. The van der Waals surface area contributed by atoms with Gasteiger partial charge in [-0.1, -0.05) is 18.2 Å². The Bertz CT molecular complexity index is 1780. The quantitative estimate of drug-likeness (QED) is 0.295. The molecule has 10 heteroatoms. The number of rotatable bonds is 3. The van der Waals surface area contributed by atoms with Crippen molar-refractivity contribution in [1.29, 1.82) is 0 Å². The highest BCUT2D eigenvalue weighted by Gasteiger charge is 2.66. The van der Waals surface area contributed by atoms with Crippen molar-refractivity contribution < 1.29 is 38.4 Å². The van der Waals surface area contributed by atoms with E-state index in [9.17, 15) is 14.7 Å². The smallest absolute Gasteiger partial charge is 0.308 e. The maximum absolute atomic E-state index is 11.7. The van der Waals surface area contributed by atoms with Gasteiger partial charge in [0, 0.05) is 53.8 Å². The van der Waals surface area contributed by atoms with E-state index < -0.39 is 6.10 Å². The molecule has 2 spiro atoms. The molecule has 10 nitrogen and oxygen atoms in total. The van der Waals surface area contributed by atoms with Gasteiger partial charge in [0.1, 0.15) is 12.2 Å². The van der Waals surface area contributed by atoms with Crippen LogP contribution in [0.1, 0.15) is 61.8 Å². The normalized spacial score (nSPS) is 38.2. The number of hydrogen-bond acceptors (Lipinski definition) is 10. The van der Waals surface area contributed by atoms with Crippen LogP contribution < -0.4 is 18.9 Å². The molecule has 4 heterocycles. The van der Waals surface area contributed by atoms with E-state index in [0.29, 0.717) is 29.5 Å². The summed E-state index contributed by atoms with van der Waals surface area (Å²) < 4.78 is 29.4. The van der Waals surface area contributed by atoms with Crippen LogP contribution in [-0.2, 0) is 38.0 Å². The molecule has 1 saturated carbocycles. The second-order valence-electron chi connectivity index (χ2n) is 15.5. The van der Waals surface area contributed by atoms with E-state index in [1.165, 1.54) is 30.5 Å². The Morgan fingerprint density at radius 1 is 0.816 bits per heavy atom. The van der Waals surface area contributed by atoms with Gasteiger partial charge in [0.05, 0.1) is 13.2 Å². The lowest BCUT2D eigenvalue weighted by molar-refractivity contribution is -0.152. The monoisotopic (exact) mass is 670 g/mol. The van der Waals surface area contributed by atoms with Crippen LogP contribution in [0.3, 0.4) is 0 Å². The van der Waals surface area contributed by atoms with Gasteiger partial charge in [-0.15, -0.1) is 0 Å². The molecule has 1 N–H and O–H groups in total. The lowest BCUT2D eigenvalue weighted by Gasteiger charge is -2.58. The molecular weight excluding hydrogens is 624 g/mol. The third-order valence-electron chi connectivity index (χ3n) is 13.4. The molecule has 0 unspecified atom stereocenters. The number of esters is 2. The molecule has 3 fully saturated rings. The van der Waals surface area contributed by atoms with E-state index in [0.717, 1.165) is 68.7 Å². The minimum absolute atomic E-state index is 0.00625. The van der Waals surface area contributed by atoms with E-state index >= 15 is 0 Å². The van der Waals surface area contributed by atoms with Crippen molar-refractivity contribution >= 4 is 11.9 Å². The van der Waals surface area contributed by atoms with Crippen molar-refractivity contribution in [2.24, 2.45) is 11.8 Å². The van der Waals surface area contributed by atoms with Gasteiger partial charge in [-0.05, 0) is 101 Å². The first-order chi connectivity index (χ1) is 23.6. The number of nitrogens with zero attached hydrogens (tertiary/aromatic N) is 2. The molecule has 4 aliphatic carbocycles. The number of methoxy groups -OCH3 is 1. The van der Waals surface area contributed by atoms with Crippen molar-refractivity contribution in [1.82, 2.24) is 9.80 Å². The summed E-state index contributed by atoms with van der Waals surface area (Å²) in [5, 5.41) is 10.6. The van der Waals surface area contributed by atoms with Crippen LogP contribution in [0, 0.1) is 11.8 Å². The van der Waals surface area contributed by atoms with Crippen LogP contribution in [0.5, 0.6) is 23.0 Å². The number of aliphatic hydroxyl groups is 1. The standard InChI is InChI=1S/C21H23NO5.C18H23NO3/c1-11(23)25-16-6-4-13-10-15-14-5-7-17(26-12(2)24)20-21(14,8-9-22(15)3)18(13)19(16)27-20;1-19-8-7-18-11-4-5-13(20)17(18)22-16-14(21-2)6-3-10(15(16)18)9-12(11)19/h4-7,14-15,17,20H,8-10H2,1-3H3;3,6,11-13,17,20H,4-5,7-9H2,1-2H3/t14-,15+,17-,20-,21-;11-,12+,13-,17-,18-/m00/s1. The van der Waals surface area contributed by atoms with Gasteiger partial charge in [-0.25, -0.2) is 0 Å². The molecule has 10 rings (SSSR count). The lowest BCUT2D eigenvalue weighted by Crippen LogP contribution is -2.66. The highest BCUT2D eigenvalue weighted by molar-refractivity contribution is 5.73. The molecule has 4 aliphatic heterocycles. The number of hydrogen-bond donors (Lipinski definition) is 1. The fraction of sp³-hybridized carbons (Fsp3) is 0.590. The summed E-state index contributed by atoms with van der Waals surface area (Å²) in [7, 11) is 6.13. The number of likely N-dealkylation sites (tertiary alicyclic amines) is 2. The Morgan fingerprint density at radius 2 is 1.45 bits per heavy atom. The molecule has 260 valence electrons. The second-order valence-corrected chi connectivity index (χ2v) is 15.5. The van der Waals surface area contributed by atoms with Crippen LogP contribution in [0.25, 0.3) is 0 Å². The zero-order valence-corrected chi connectivity index (χ0v) is 28.9. The first-order valence-corrected chi connectivity index (χ1v) is 17.9. The number of piperidine rings is 2. The van der Waals surface area contributed by atoms with Crippen molar-refractivity contribution in [3.63, 3.8) is 0 Å². The molecular formula is C39H46N2O8. The molecule has 10 atom stereocenters. The first kappa shape index (κ1) is 31.4. The summed E-state index contributed by atoms with van der Waals surface area (Å²) in [6, 6.07) is 9.11. The van der Waals surface area contributed by atoms with Gasteiger partial charge in [0.15, 0.2) is 29.1 Å². The predicted molar refractivity (Wildman–Crippen MR) is 179 cm³/mol. The molecule has 0 aromatic heterocycles. The second kappa shape index (κ2) is 10.9. The third-order valence-corrected chi connectivity index (χ3v) is 13.4. The molecule has 8 aliphatic rings. The zero-order chi connectivity index (χ0) is 34.0. The van der Waals surface area contributed by atoms with E-state index in [1.807, 2.05) is 18.2 Å². The fourth-order valence-corrected chi connectivity index (χ4v) is 11.6. The van der Waals surface area contributed by atoms with Crippen LogP contribution in [0.15, 0.2) is 36.4 Å². The Morgan fingerprint density at radius 3 is 2.16 bits per heavy atom. The van der Waals surface area contributed by atoms with E-state index in [4.69, 9.17) is 23.7 Å². The summed E-state index contributed by atoms with van der Waals surface area (Å²) in [4.78, 5) is 28.2. The van der Waals surface area contributed by atoms with Gasteiger partial charge in [-0.3, -0.25) is 9.59 Å². The predicted octanol–water partition coefficient (Wildman–Crippen LogP) is 3.71. The Hall–Kier alpha value is -3.60. The van der Waals surface area contributed by atoms with Crippen molar-refractivity contribution in [3.05, 3.63) is 58.7 Å². The van der Waals surface area contributed by atoms with Gasteiger partial charge >= 0.3 is 11.9 Å². The minimum Gasteiger partial charge on any atom is -0.493 e. The average Bonchev–Trinajstić information content (AvgIpc) is 3.61. The van der Waals surface area contributed by atoms with Crippen LogP contribution in [0.2, 0.25) is 0 Å². The van der Waals surface area contributed by atoms with Crippen molar-refractivity contribution in [2.45, 2.75) is 99.7 Å². The Kier molecular flexibility index (Phi) is 7.01. The topological polar surface area (TPSA) is 107 Å². The van der Waals surface area contributed by atoms with Crippen molar-refractivity contribution in [2.75, 3.05) is 34.3 Å². The van der Waals surface area contributed by atoms with Crippen molar-refractivity contribution in [3.8, 4) is 23.0 Å². The van der Waals surface area contributed by atoms with Crippen LogP contribution in [0.4, 0.5) is 0 Å². The number of benzene rings is 2. The number of ether oxygens (including phenoxy) is 5. The average molecular weight is 671 g/mol. The Balaban J connectivity index is 0.000000135. The molecule has 4 bridgehead atoms. The summed E-state index contributed by atoms with van der Waals surface area (Å²) in [5.74, 6) is 3.05. The van der Waals surface area contributed by atoms with Gasteiger partial charge in [-0.2, -0.15) is 0 Å². The maximum Gasteiger partial charge on any atom is 0.308 e. The number of carbonyl (C=O) groups excluding carboxylic acids is 2. The summed E-state index contributed by atoms with van der Waals surface area (Å²) in [6.07, 6.45) is 9.00. The molecule has 0 amide bonds. The van der Waals surface area contributed by atoms with E-state index in [-0.39, 0.29) is 47.0 Å². The summed E-state index contributed by atoms with van der Waals surface area (Å²) in [6.45, 7) is 4.86. The zero-order valence-electron chi connectivity index (χ0n) is 28.9. The fourth-order valence-electron chi connectivity index (χ4n) is 11.6. The summed E-state index contributed by atoms with van der Waals surface area (Å²) >= 11 is 0. The van der Waals surface area contributed by atoms with Crippen LogP contribution >= 0.6 is 0 Å². The van der Waals surface area contributed by atoms with Gasteiger partial charge < -0.3 is 38.6 Å². The number of likely N-dealkylation sites (N-methyl/N-ethyl adjacent to an activating group) is 2. The first-order valence-electron chi connectivity index (χ1n) is 17.9. The van der Waals surface area contributed by atoms with Gasteiger partial charge in [0.2, 0.25) is 0 Å². The molecule has 2 aromatic rings. The number of aliphatic hydroxyl groups excluding tert-OH is 1. The third kappa shape index (κ3) is 4.17. The SMILES string of the molecule is CC(=O)Oc1ccc2c3c1O[C@H]1[C@@H](OC(C)=O)C=C[C@H]4[C@@H](C2)N(C)CC[C@@]341.COc1ccc2c3c1O[C@H]1[C@@H](O)CC[C@H]4[C@@H](C2)N(C)CC[C@@]341. The maximum atomic E-state index is 11.7. The lowest BCUT2D eigenvalue weighted by atomic mass is 9.51. The number of carbonyl (C=O) groups is 2. The molecule has 49 heavy (non-hydrogen) atoms. The molecule has 2 aromatic carbocycles. The molecule has 2 saturated heterocycles. The highest BCUT2D eigenvalue weighted by Crippen LogP contribution is 2.65. The van der Waals surface area contributed by atoms with E-state index in [1.54, 1.807) is 7.11 Å². The van der Waals surface area contributed by atoms with E-state index in [2.05, 4.69) is 42.1 Å². The highest BCUT2D eigenvalue weighted by atomic mass is 16.6. The largest absolute Gasteiger partial charge is 0.493 e. The summed E-state index contributed by atoms with van der Waals surface area (Å²) in [5.41, 5.74) is 4.93. The Labute approximate surface area is 287 Å². The van der Waals surface area contributed by atoms with Crippen LogP contribution in [-0.4, -0.2) is 97.6 Å². The minimum atomic E-state index is -0.439. The van der Waals surface area contributed by atoms with Gasteiger partial charge in [0.25, 0.3) is 0 Å².